The molecule has 1 saturated heterocycles. The van der Waals surface area contributed by atoms with Gasteiger partial charge in [0.2, 0.25) is 0 Å². The number of ether oxygens (including phenoxy) is 1. The van der Waals surface area contributed by atoms with Gasteiger partial charge in [0.1, 0.15) is 0 Å². The van der Waals surface area contributed by atoms with Crippen molar-refractivity contribution in [3.05, 3.63) is 39.6 Å². The average Bonchev–Trinajstić information content (AvgIpc) is 3.10. The Morgan fingerprint density at radius 3 is 2.95 bits per heavy atom. The number of hydrogen-bond acceptors (Lipinski definition) is 4. The van der Waals surface area contributed by atoms with Crippen LogP contribution in [0.5, 0.6) is 0 Å². The van der Waals surface area contributed by atoms with Crippen LogP contribution in [0.2, 0.25) is 4.47 Å². The normalized spacial score (nSPS) is 16.4. The number of halogens is 1. The lowest BCUT2D eigenvalue weighted by Crippen LogP contribution is -2.37. The molecule has 1 aliphatic heterocycles. The molecule has 0 radical (unpaired) electrons. The van der Waals surface area contributed by atoms with Crippen molar-refractivity contribution >= 4 is 22.9 Å². The number of nitrogens with zero attached hydrogens (tertiary/aromatic N) is 3. The molecule has 0 aliphatic carbocycles. The van der Waals surface area contributed by atoms with E-state index in [9.17, 15) is 0 Å². The third-order valence-corrected chi connectivity index (χ3v) is 4.89. The van der Waals surface area contributed by atoms with Crippen LogP contribution >= 0.6 is 22.9 Å². The second kappa shape index (κ2) is 7.40. The first-order valence-electron chi connectivity index (χ1n) is 7.35. The average molecular weight is 326 g/mol. The van der Waals surface area contributed by atoms with Crippen LogP contribution in [0.25, 0.3) is 0 Å². The Kier molecular flexibility index (Phi) is 5.30. The fourth-order valence-corrected chi connectivity index (χ4v) is 3.64. The molecule has 21 heavy (non-hydrogen) atoms. The van der Waals surface area contributed by atoms with Gasteiger partial charge in [0.05, 0.1) is 19.8 Å². The maximum atomic E-state index is 5.89. The molecule has 1 aliphatic rings. The van der Waals surface area contributed by atoms with Crippen molar-refractivity contribution in [2.24, 2.45) is 0 Å². The molecule has 0 unspecified atom stereocenters. The minimum atomic E-state index is 0.617. The van der Waals surface area contributed by atoms with Crippen LogP contribution in [0.15, 0.2) is 24.5 Å². The monoisotopic (exact) mass is 325 g/mol. The zero-order valence-corrected chi connectivity index (χ0v) is 13.6. The maximum Gasteiger partial charge on any atom is 0.183 e. The number of aromatic nitrogens is 2. The summed E-state index contributed by atoms with van der Waals surface area (Å²) in [7, 11) is 0. The van der Waals surface area contributed by atoms with Crippen LogP contribution in [0.1, 0.15) is 17.0 Å². The summed E-state index contributed by atoms with van der Waals surface area (Å²) in [6.45, 7) is 5.91. The fourth-order valence-electron chi connectivity index (χ4n) is 2.66. The number of thiazole rings is 1. The van der Waals surface area contributed by atoms with Gasteiger partial charge in [0.25, 0.3) is 0 Å². The Labute approximate surface area is 134 Å². The van der Waals surface area contributed by atoms with E-state index in [0.717, 1.165) is 45.8 Å². The molecule has 0 spiro atoms. The van der Waals surface area contributed by atoms with Gasteiger partial charge in [-0.15, -0.1) is 11.3 Å². The molecule has 3 rings (SSSR count). The van der Waals surface area contributed by atoms with Gasteiger partial charge < -0.3 is 9.30 Å². The highest BCUT2D eigenvalue weighted by Gasteiger charge is 2.10. The molecule has 1 fully saturated rings. The van der Waals surface area contributed by atoms with E-state index in [1.807, 2.05) is 6.20 Å². The van der Waals surface area contributed by atoms with Gasteiger partial charge in [-0.3, -0.25) is 4.90 Å². The predicted molar refractivity (Wildman–Crippen MR) is 86.2 cm³/mol. The zero-order chi connectivity index (χ0) is 14.5. The topological polar surface area (TPSA) is 30.3 Å². The molecular weight excluding hydrogens is 306 g/mol. The van der Waals surface area contributed by atoms with E-state index in [1.165, 1.54) is 17.0 Å². The number of aryl methyl sites for hydroxylation is 1. The molecule has 3 heterocycles. The molecule has 0 bridgehead atoms. The van der Waals surface area contributed by atoms with E-state index in [-0.39, 0.29) is 0 Å². The van der Waals surface area contributed by atoms with Gasteiger partial charge in [0.15, 0.2) is 4.47 Å². The Morgan fingerprint density at radius 1 is 1.33 bits per heavy atom. The van der Waals surface area contributed by atoms with Crippen molar-refractivity contribution in [2.75, 3.05) is 32.8 Å². The largest absolute Gasteiger partial charge is 0.379 e. The van der Waals surface area contributed by atoms with Crippen LogP contribution in [0.4, 0.5) is 0 Å². The van der Waals surface area contributed by atoms with Crippen LogP contribution in [-0.2, 0) is 17.7 Å². The summed E-state index contributed by atoms with van der Waals surface area (Å²) in [4.78, 5) is 7.79. The van der Waals surface area contributed by atoms with E-state index in [4.69, 9.17) is 16.3 Å². The van der Waals surface area contributed by atoms with Crippen molar-refractivity contribution < 1.29 is 4.74 Å². The molecule has 0 saturated carbocycles. The summed E-state index contributed by atoms with van der Waals surface area (Å²) in [6, 6.07) is 4.33. The summed E-state index contributed by atoms with van der Waals surface area (Å²) < 4.78 is 8.29. The summed E-state index contributed by atoms with van der Waals surface area (Å²) >= 11 is 7.45. The predicted octanol–water partition coefficient (Wildman–Crippen LogP) is 2.91. The Morgan fingerprint density at radius 2 is 2.19 bits per heavy atom. The van der Waals surface area contributed by atoms with E-state index in [2.05, 4.69) is 32.8 Å². The smallest absolute Gasteiger partial charge is 0.183 e. The van der Waals surface area contributed by atoms with Gasteiger partial charge in [-0.25, -0.2) is 4.98 Å². The van der Waals surface area contributed by atoms with E-state index in [1.54, 1.807) is 11.3 Å². The first-order chi connectivity index (χ1) is 10.3. The molecule has 0 aromatic carbocycles. The second-order valence-corrected chi connectivity index (χ2v) is 6.96. The number of hydrogen-bond donors (Lipinski definition) is 0. The van der Waals surface area contributed by atoms with E-state index in [0.29, 0.717) is 4.47 Å². The van der Waals surface area contributed by atoms with Crippen molar-refractivity contribution in [3.8, 4) is 0 Å². The summed E-state index contributed by atoms with van der Waals surface area (Å²) in [6.07, 6.45) is 6.30. The zero-order valence-electron chi connectivity index (χ0n) is 12.0. The standard InChI is InChI=1S/C15H20ClN3OS/c16-15-17-11-14(21-15)12-19-6-2-4-13(19)3-1-5-18-7-9-20-10-8-18/h2,4,6,11H,1,3,5,7-10,12H2. The van der Waals surface area contributed by atoms with Gasteiger partial charge in [-0.2, -0.15) is 0 Å². The highest BCUT2D eigenvalue weighted by molar-refractivity contribution is 7.15. The Hall–Kier alpha value is -0.880. The minimum absolute atomic E-state index is 0.617. The fraction of sp³-hybridized carbons (Fsp3) is 0.533. The first-order valence-corrected chi connectivity index (χ1v) is 8.55. The van der Waals surface area contributed by atoms with E-state index < -0.39 is 0 Å². The SMILES string of the molecule is Clc1ncc(Cn2cccc2CCCN2CCOCC2)s1. The van der Waals surface area contributed by atoms with Gasteiger partial charge >= 0.3 is 0 Å². The van der Waals surface area contributed by atoms with Crippen molar-refractivity contribution in [3.63, 3.8) is 0 Å². The Balaban J connectivity index is 1.50. The molecule has 0 amide bonds. The number of morpholine rings is 1. The third kappa shape index (κ3) is 4.30. The Bertz CT molecular complexity index is 563. The quantitative estimate of drug-likeness (QED) is 0.818. The van der Waals surface area contributed by atoms with Crippen LogP contribution < -0.4 is 0 Å². The molecule has 2 aromatic rings. The molecule has 114 valence electrons. The van der Waals surface area contributed by atoms with Crippen molar-refractivity contribution in [1.82, 2.24) is 14.5 Å². The van der Waals surface area contributed by atoms with E-state index >= 15 is 0 Å². The highest BCUT2D eigenvalue weighted by Crippen LogP contribution is 2.20. The lowest BCUT2D eigenvalue weighted by atomic mass is 10.2. The van der Waals surface area contributed by atoms with Gasteiger partial charge in [-0.05, 0) is 31.5 Å². The molecule has 6 heteroatoms. The van der Waals surface area contributed by atoms with Gasteiger partial charge in [0, 0.05) is 36.1 Å². The highest BCUT2D eigenvalue weighted by atomic mass is 35.5. The maximum absolute atomic E-state index is 5.89. The lowest BCUT2D eigenvalue weighted by Gasteiger charge is -2.26. The first kappa shape index (κ1) is 15.0. The minimum Gasteiger partial charge on any atom is -0.379 e. The lowest BCUT2D eigenvalue weighted by molar-refractivity contribution is 0.0374. The molecule has 0 atom stereocenters. The van der Waals surface area contributed by atoms with Gasteiger partial charge in [-0.1, -0.05) is 11.6 Å². The van der Waals surface area contributed by atoms with Crippen LogP contribution in [0.3, 0.4) is 0 Å². The summed E-state index contributed by atoms with van der Waals surface area (Å²) in [5.41, 5.74) is 1.38. The van der Waals surface area contributed by atoms with Crippen LogP contribution in [-0.4, -0.2) is 47.3 Å². The van der Waals surface area contributed by atoms with Crippen molar-refractivity contribution in [2.45, 2.75) is 19.4 Å². The molecule has 4 nitrogen and oxygen atoms in total. The molecule has 0 N–H and O–H groups in total. The van der Waals surface area contributed by atoms with Crippen molar-refractivity contribution in [1.29, 1.82) is 0 Å². The molecule has 2 aromatic heterocycles. The molecular formula is C15H20ClN3OS. The second-order valence-electron chi connectivity index (χ2n) is 5.26. The van der Waals surface area contributed by atoms with Crippen LogP contribution in [0, 0.1) is 0 Å². The summed E-state index contributed by atoms with van der Waals surface area (Å²) in [5, 5.41) is 0. The summed E-state index contributed by atoms with van der Waals surface area (Å²) in [5.74, 6) is 0. The third-order valence-electron chi connectivity index (χ3n) is 3.79. The number of rotatable bonds is 6.